The quantitative estimate of drug-likeness (QED) is 0.749. The Labute approximate surface area is 106 Å². The van der Waals surface area contributed by atoms with E-state index in [9.17, 15) is 4.79 Å². The fourth-order valence-electron chi connectivity index (χ4n) is 2.32. The fraction of sp³-hybridized carbons (Fsp3) is 0.929. The Kier molecular flexibility index (Phi) is 5.96. The van der Waals surface area contributed by atoms with E-state index in [-0.39, 0.29) is 11.4 Å². The number of hydrogen-bond donors (Lipinski definition) is 2. The van der Waals surface area contributed by atoms with Gasteiger partial charge in [-0.25, -0.2) is 0 Å². The van der Waals surface area contributed by atoms with Gasteiger partial charge in [-0.1, -0.05) is 33.1 Å². The smallest absolute Gasteiger partial charge is 0.234 e. The van der Waals surface area contributed by atoms with Crippen LogP contribution in [0.15, 0.2) is 0 Å². The molecule has 1 aliphatic rings. The van der Waals surface area contributed by atoms with Crippen molar-refractivity contribution in [2.75, 3.05) is 6.54 Å². The Hall–Kier alpha value is -0.570. The van der Waals surface area contributed by atoms with Gasteiger partial charge in [0.2, 0.25) is 5.91 Å². The summed E-state index contributed by atoms with van der Waals surface area (Å²) in [6.07, 6.45) is 8.28. The standard InChI is InChI=1S/C14H28N2O/c1-4-14(3,5-2)15-11-13(17)16-12-9-7-6-8-10-12/h12,15H,4-11H2,1-3H3,(H,16,17). The van der Waals surface area contributed by atoms with Gasteiger partial charge in [0, 0.05) is 11.6 Å². The van der Waals surface area contributed by atoms with E-state index in [0.29, 0.717) is 12.6 Å². The molecule has 0 bridgehead atoms. The molecule has 1 saturated carbocycles. The van der Waals surface area contributed by atoms with E-state index in [1.54, 1.807) is 0 Å². The molecule has 0 aliphatic heterocycles. The van der Waals surface area contributed by atoms with Crippen LogP contribution < -0.4 is 10.6 Å². The van der Waals surface area contributed by atoms with Gasteiger partial charge in [0.1, 0.15) is 0 Å². The van der Waals surface area contributed by atoms with Gasteiger partial charge in [0.15, 0.2) is 0 Å². The van der Waals surface area contributed by atoms with Crippen molar-refractivity contribution in [3.63, 3.8) is 0 Å². The zero-order valence-electron chi connectivity index (χ0n) is 11.6. The predicted molar refractivity (Wildman–Crippen MR) is 72.0 cm³/mol. The van der Waals surface area contributed by atoms with Crippen LogP contribution in [0.4, 0.5) is 0 Å². The summed E-state index contributed by atoms with van der Waals surface area (Å²) in [5.74, 6) is 0.157. The van der Waals surface area contributed by atoms with E-state index in [1.165, 1.54) is 19.3 Å². The molecule has 0 heterocycles. The summed E-state index contributed by atoms with van der Waals surface area (Å²) in [5.41, 5.74) is 0.101. The van der Waals surface area contributed by atoms with Crippen LogP contribution in [-0.2, 0) is 4.79 Å². The van der Waals surface area contributed by atoms with Crippen LogP contribution in [0.1, 0.15) is 65.7 Å². The van der Waals surface area contributed by atoms with Crippen LogP contribution in [0.5, 0.6) is 0 Å². The largest absolute Gasteiger partial charge is 0.352 e. The first-order valence-electron chi connectivity index (χ1n) is 7.14. The van der Waals surface area contributed by atoms with Gasteiger partial charge in [-0.2, -0.15) is 0 Å². The number of rotatable bonds is 6. The molecule has 1 aliphatic carbocycles. The normalized spacial score (nSPS) is 18.1. The van der Waals surface area contributed by atoms with E-state index >= 15 is 0 Å². The van der Waals surface area contributed by atoms with Gasteiger partial charge in [0.05, 0.1) is 6.54 Å². The molecule has 0 atom stereocenters. The third-order valence-electron chi connectivity index (χ3n) is 4.21. The molecule has 1 rings (SSSR count). The second kappa shape index (κ2) is 7.00. The summed E-state index contributed by atoms with van der Waals surface area (Å²) >= 11 is 0. The summed E-state index contributed by atoms with van der Waals surface area (Å²) in [7, 11) is 0. The third kappa shape index (κ3) is 5.07. The Balaban J connectivity index is 2.24. The molecule has 1 amide bonds. The molecule has 0 saturated heterocycles. The number of hydrogen-bond acceptors (Lipinski definition) is 2. The van der Waals surface area contributed by atoms with E-state index in [4.69, 9.17) is 0 Å². The molecule has 3 heteroatoms. The SMILES string of the molecule is CCC(C)(CC)NCC(=O)NC1CCCCC1. The van der Waals surface area contributed by atoms with Crippen molar-refractivity contribution in [2.24, 2.45) is 0 Å². The average molecular weight is 240 g/mol. The van der Waals surface area contributed by atoms with Crippen molar-refractivity contribution < 1.29 is 4.79 Å². The minimum atomic E-state index is 0.101. The monoisotopic (exact) mass is 240 g/mol. The van der Waals surface area contributed by atoms with E-state index in [1.807, 2.05) is 0 Å². The molecule has 100 valence electrons. The lowest BCUT2D eigenvalue weighted by Crippen LogP contribution is -2.48. The van der Waals surface area contributed by atoms with E-state index in [2.05, 4.69) is 31.4 Å². The summed E-state index contributed by atoms with van der Waals surface area (Å²) < 4.78 is 0. The summed E-state index contributed by atoms with van der Waals surface area (Å²) in [4.78, 5) is 11.8. The van der Waals surface area contributed by atoms with E-state index in [0.717, 1.165) is 25.7 Å². The molecule has 0 aromatic rings. The molecule has 2 N–H and O–H groups in total. The number of amides is 1. The second-order valence-corrected chi connectivity index (χ2v) is 5.52. The van der Waals surface area contributed by atoms with Crippen molar-refractivity contribution in [3.8, 4) is 0 Å². The molecule has 0 aromatic carbocycles. The maximum atomic E-state index is 11.8. The van der Waals surface area contributed by atoms with Crippen LogP contribution >= 0.6 is 0 Å². The van der Waals surface area contributed by atoms with Crippen LogP contribution in [0.25, 0.3) is 0 Å². The van der Waals surface area contributed by atoms with Gasteiger partial charge in [-0.05, 0) is 32.6 Å². The predicted octanol–water partition coefficient (Wildman–Crippen LogP) is 2.60. The summed E-state index contributed by atoms with van der Waals surface area (Å²) in [5, 5.41) is 6.51. The topological polar surface area (TPSA) is 41.1 Å². The van der Waals surface area contributed by atoms with Gasteiger partial charge in [-0.15, -0.1) is 0 Å². The average Bonchev–Trinajstić information content (AvgIpc) is 2.37. The Morgan fingerprint density at radius 3 is 2.29 bits per heavy atom. The molecule has 0 radical (unpaired) electrons. The Morgan fingerprint density at radius 2 is 1.76 bits per heavy atom. The molecule has 0 spiro atoms. The molecule has 0 aromatic heterocycles. The highest BCUT2D eigenvalue weighted by molar-refractivity contribution is 5.78. The second-order valence-electron chi connectivity index (χ2n) is 5.52. The fourth-order valence-corrected chi connectivity index (χ4v) is 2.32. The highest BCUT2D eigenvalue weighted by Crippen LogP contribution is 2.17. The molecule has 0 unspecified atom stereocenters. The van der Waals surface area contributed by atoms with Crippen molar-refractivity contribution in [2.45, 2.75) is 77.3 Å². The van der Waals surface area contributed by atoms with E-state index < -0.39 is 0 Å². The Bertz CT molecular complexity index is 230. The summed E-state index contributed by atoms with van der Waals surface area (Å²) in [6.45, 7) is 6.96. The highest BCUT2D eigenvalue weighted by Gasteiger charge is 2.21. The highest BCUT2D eigenvalue weighted by atomic mass is 16.2. The number of carbonyl (C=O) groups is 1. The maximum Gasteiger partial charge on any atom is 0.234 e. The minimum absolute atomic E-state index is 0.101. The van der Waals surface area contributed by atoms with Gasteiger partial charge in [-0.3, -0.25) is 4.79 Å². The van der Waals surface area contributed by atoms with Crippen LogP contribution in [0.3, 0.4) is 0 Å². The zero-order chi connectivity index (χ0) is 12.7. The molecular formula is C14H28N2O. The first kappa shape index (κ1) is 14.5. The van der Waals surface area contributed by atoms with Crippen LogP contribution in [-0.4, -0.2) is 24.0 Å². The lowest BCUT2D eigenvalue weighted by molar-refractivity contribution is -0.121. The number of nitrogens with one attached hydrogen (secondary N) is 2. The maximum absolute atomic E-state index is 11.8. The molecular weight excluding hydrogens is 212 g/mol. The lowest BCUT2D eigenvalue weighted by atomic mass is 9.95. The van der Waals surface area contributed by atoms with Crippen LogP contribution in [0, 0.1) is 0 Å². The molecule has 1 fully saturated rings. The van der Waals surface area contributed by atoms with Crippen molar-refractivity contribution >= 4 is 5.91 Å². The van der Waals surface area contributed by atoms with Gasteiger partial charge in [0.25, 0.3) is 0 Å². The van der Waals surface area contributed by atoms with Crippen LogP contribution in [0.2, 0.25) is 0 Å². The first-order chi connectivity index (χ1) is 8.09. The molecule has 17 heavy (non-hydrogen) atoms. The van der Waals surface area contributed by atoms with Crippen molar-refractivity contribution in [1.82, 2.24) is 10.6 Å². The van der Waals surface area contributed by atoms with Crippen molar-refractivity contribution in [3.05, 3.63) is 0 Å². The Morgan fingerprint density at radius 1 is 1.18 bits per heavy atom. The minimum Gasteiger partial charge on any atom is -0.352 e. The summed E-state index contributed by atoms with van der Waals surface area (Å²) in [6, 6.07) is 0.424. The lowest BCUT2D eigenvalue weighted by Gasteiger charge is -2.29. The van der Waals surface area contributed by atoms with Crippen molar-refractivity contribution in [1.29, 1.82) is 0 Å². The zero-order valence-corrected chi connectivity index (χ0v) is 11.6. The first-order valence-corrected chi connectivity index (χ1v) is 7.14. The third-order valence-corrected chi connectivity index (χ3v) is 4.21. The molecule has 3 nitrogen and oxygen atoms in total. The van der Waals surface area contributed by atoms with Gasteiger partial charge < -0.3 is 10.6 Å². The number of carbonyl (C=O) groups excluding carboxylic acids is 1. The van der Waals surface area contributed by atoms with Gasteiger partial charge >= 0.3 is 0 Å².